The zero-order valence-electron chi connectivity index (χ0n) is 11.9. The zero-order valence-corrected chi connectivity index (χ0v) is 11.9. The van der Waals surface area contributed by atoms with Crippen molar-refractivity contribution in [3.63, 3.8) is 0 Å². The number of para-hydroxylation sites is 1. The predicted octanol–water partition coefficient (Wildman–Crippen LogP) is 2.53. The fourth-order valence-corrected chi connectivity index (χ4v) is 2.04. The van der Waals surface area contributed by atoms with Crippen molar-refractivity contribution in [2.24, 2.45) is 0 Å². The third-order valence-electron chi connectivity index (χ3n) is 3.13. The van der Waals surface area contributed by atoms with Crippen LogP contribution in [0.25, 0.3) is 5.82 Å². The Labute approximate surface area is 127 Å². The predicted molar refractivity (Wildman–Crippen MR) is 82.3 cm³/mol. The minimum atomic E-state index is -0.241. The Balaban J connectivity index is 1.77. The van der Waals surface area contributed by atoms with Crippen LogP contribution in [0, 0.1) is 0 Å². The van der Waals surface area contributed by atoms with E-state index in [9.17, 15) is 4.79 Å². The summed E-state index contributed by atoms with van der Waals surface area (Å²) in [6, 6.07) is 10.7. The quantitative estimate of drug-likeness (QED) is 0.802. The van der Waals surface area contributed by atoms with E-state index in [1.165, 1.54) is 7.11 Å². The number of methoxy groups -OCH3 is 1. The van der Waals surface area contributed by atoms with Crippen molar-refractivity contribution in [2.45, 2.75) is 0 Å². The molecule has 22 heavy (non-hydrogen) atoms. The number of hydrogen-bond acceptors (Lipinski definition) is 4. The Morgan fingerprint density at radius 2 is 2.09 bits per heavy atom. The summed E-state index contributed by atoms with van der Waals surface area (Å²) in [4.78, 5) is 20.5. The fourth-order valence-electron chi connectivity index (χ4n) is 2.04. The van der Waals surface area contributed by atoms with Gasteiger partial charge in [0.25, 0.3) is 5.91 Å². The SMILES string of the molecule is COc1ccccc1C(=O)Nc1ccc(-n2ccnc2)nc1. The van der Waals surface area contributed by atoms with Crippen LogP contribution in [0.5, 0.6) is 5.75 Å². The molecule has 6 nitrogen and oxygen atoms in total. The van der Waals surface area contributed by atoms with Gasteiger partial charge in [0.1, 0.15) is 17.9 Å². The van der Waals surface area contributed by atoms with Crippen LogP contribution < -0.4 is 10.1 Å². The molecular formula is C16H14N4O2. The maximum atomic E-state index is 12.3. The van der Waals surface area contributed by atoms with E-state index in [0.29, 0.717) is 17.0 Å². The molecule has 0 aliphatic heterocycles. The summed E-state index contributed by atoms with van der Waals surface area (Å²) in [5.74, 6) is 1.02. The maximum Gasteiger partial charge on any atom is 0.259 e. The Kier molecular flexibility index (Phi) is 3.82. The first-order valence-electron chi connectivity index (χ1n) is 6.66. The molecular weight excluding hydrogens is 280 g/mol. The first-order chi connectivity index (χ1) is 10.8. The van der Waals surface area contributed by atoms with Gasteiger partial charge in [0.2, 0.25) is 0 Å². The molecule has 0 unspecified atom stereocenters. The molecule has 1 N–H and O–H groups in total. The lowest BCUT2D eigenvalue weighted by Crippen LogP contribution is -2.13. The van der Waals surface area contributed by atoms with Gasteiger partial charge in [-0.1, -0.05) is 12.1 Å². The van der Waals surface area contributed by atoms with E-state index in [4.69, 9.17) is 4.74 Å². The molecule has 2 heterocycles. The van der Waals surface area contributed by atoms with Gasteiger partial charge in [-0.2, -0.15) is 0 Å². The van der Waals surface area contributed by atoms with Crippen molar-refractivity contribution in [3.8, 4) is 11.6 Å². The average Bonchev–Trinajstić information content (AvgIpc) is 3.10. The minimum Gasteiger partial charge on any atom is -0.496 e. The lowest BCUT2D eigenvalue weighted by atomic mass is 10.2. The molecule has 0 aliphatic carbocycles. The first-order valence-corrected chi connectivity index (χ1v) is 6.66. The summed E-state index contributed by atoms with van der Waals surface area (Å²) in [7, 11) is 1.54. The van der Waals surface area contributed by atoms with Crippen LogP contribution in [-0.2, 0) is 0 Å². The molecule has 0 bridgehead atoms. The number of nitrogens with one attached hydrogen (secondary N) is 1. The Hall–Kier alpha value is -3.15. The van der Waals surface area contributed by atoms with Crippen molar-refractivity contribution in [2.75, 3.05) is 12.4 Å². The van der Waals surface area contributed by atoms with E-state index in [-0.39, 0.29) is 5.91 Å². The Bertz CT molecular complexity index is 767. The molecule has 0 saturated carbocycles. The molecule has 3 rings (SSSR count). The average molecular weight is 294 g/mol. The molecule has 1 amide bonds. The summed E-state index contributed by atoms with van der Waals surface area (Å²) >= 11 is 0. The van der Waals surface area contributed by atoms with Gasteiger partial charge in [-0.3, -0.25) is 9.36 Å². The van der Waals surface area contributed by atoms with Crippen LogP contribution in [0.3, 0.4) is 0 Å². The molecule has 0 spiro atoms. The molecule has 0 fully saturated rings. The van der Waals surface area contributed by atoms with E-state index in [1.54, 1.807) is 59.8 Å². The maximum absolute atomic E-state index is 12.3. The van der Waals surface area contributed by atoms with Gasteiger partial charge >= 0.3 is 0 Å². The summed E-state index contributed by atoms with van der Waals surface area (Å²) in [6.07, 6.45) is 6.74. The van der Waals surface area contributed by atoms with Crippen LogP contribution in [-0.4, -0.2) is 27.6 Å². The van der Waals surface area contributed by atoms with Gasteiger partial charge in [-0.15, -0.1) is 0 Å². The second-order valence-electron chi connectivity index (χ2n) is 4.53. The van der Waals surface area contributed by atoms with E-state index in [0.717, 1.165) is 5.82 Å². The number of ether oxygens (including phenoxy) is 1. The molecule has 110 valence electrons. The van der Waals surface area contributed by atoms with Crippen molar-refractivity contribution in [3.05, 3.63) is 66.9 Å². The second kappa shape index (κ2) is 6.09. The number of carbonyl (C=O) groups is 1. The van der Waals surface area contributed by atoms with Gasteiger partial charge in [-0.05, 0) is 24.3 Å². The highest BCUT2D eigenvalue weighted by Gasteiger charge is 2.11. The van der Waals surface area contributed by atoms with Crippen molar-refractivity contribution in [1.82, 2.24) is 14.5 Å². The van der Waals surface area contributed by atoms with Gasteiger partial charge in [0.15, 0.2) is 0 Å². The monoisotopic (exact) mass is 294 g/mol. The van der Waals surface area contributed by atoms with Gasteiger partial charge in [0.05, 0.1) is 24.6 Å². The standard InChI is InChI=1S/C16H14N4O2/c1-22-14-5-3-2-4-13(14)16(21)19-12-6-7-15(18-10-12)20-9-8-17-11-20/h2-11H,1H3,(H,19,21). The lowest BCUT2D eigenvalue weighted by Gasteiger charge is -2.09. The van der Waals surface area contributed by atoms with Gasteiger partial charge in [-0.25, -0.2) is 9.97 Å². The van der Waals surface area contributed by atoms with Crippen LogP contribution in [0.4, 0.5) is 5.69 Å². The van der Waals surface area contributed by atoms with Crippen LogP contribution in [0.1, 0.15) is 10.4 Å². The molecule has 1 aromatic carbocycles. The first kappa shape index (κ1) is 13.8. The van der Waals surface area contributed by atoms with Gasteiger partial charge in [0, 0.05) is 12.4 Å². The molecule has 0 aliphatic rings. The number of benzene rings is 1. The van der Waals surface area contributed by atoms with Crippen LogP contribution in [0.2, 0.25) is 0 Å². The van der Waals surface area contributed by atoms with E-state index >= 15 is 0 Å². The number of nitrogens with zero attached hydrogens (tertiary/aromatic N) is 3. The topological polar surface area (TPSA) is 69.0 Å². The highest BCUT2D eigenvalue weighted by atomic mass is 16.5. The summed E-state index contributed by atoms with van der Waals surface area (Å²) < 4.78 is 6.97. The Morgan fingerprint density at radius 1 is 1.23 bits per heavy atom. The van der Waals surface area contributed by atoms with Crippen LogP contribution >= 0.6 is 0 Å². The van der Waals surface area contributed by atoms with E-state index in [1.807, 2.05) is 6.07 Å². The molecule has 3 aromatic rings. The third-order valence-corrected chi connectivity index (χ3v) is 3.13. The number of pyridine rings is 1. The molecule has 2 aromatic heterocycles. The number of amides is 1. The number of rotatable bonds is 4. The summed E-state index contributed by atoms with van der Waals surface area (Å²) in [5.41, 5.74) is 1.09. The normalized spacial score (nSPS) is 10.2. The molecule has 6 heteroatoms. The van der Waals surface area contributed by atoms with Gasteiger partial charge < -0.3 is 10.1 Å². The highest BCUT2D eigenvalue weighted by Crippen LogP contribution is 2.19. The number of imidazole rings is 1. The highest BCUT2D eigenvalue weighted by molar-refractivity contribution is 6.06. The van der Waals surface area contributed by atoms with Crippen molar-refractivity contribution >= 4 is 11.6 Å². The fraction of sp³-hybridized carbons (Fsp3) is 0.0625. The molecule has 0 atom stereocenters. The Morgan fingerprint density at radius 3 is 2.77 bits per heavy atom. The lowest BCUT2D eigenvalue weighted by molar-refractivity contribution is 0.102. The molecule has 0 radical (unpaired) electrons. The number of anilines is 1. The third kappa shape index (κ3) is 2.80. The minimum absolute atomic E-state index is 0.241. The summed E-state index contributed by atoms with van der Waals surface area (Å²) in [6.45, 7) is 0. The number of aromatic nitrogens is 3. The van der Waals surface area contributed by atoms with E-state index < -0.39 is 0 Å². The van der Waals surface area contributed by atoms with Crippen molar-refractivity contribution in [1.29, 1.82) is 0 Å². The zero-order chi connectivity index (χ0) is 15.4. The largest absolute Gasteiger partial charge is 0.496 e. The molecule has 0 saturated heterocycles. The smallest absolute Gasteiger partial charge is 0.259 e. The van der Waals surface area contributed by atoms with Crippen LogP contribution in [0.15, 0.2) is 61.3 Å². The number of carbonyl (C=O) groups excluding carboxylic acids is 1. The number of hydrogen-bond donors (Lipinski definition) is 1. The van der Waals surface area contributed by atoms with Crippen molar-refractivity contribution < 1.29 is 9.53 Å². The summed E-state index contributed by atoms with van der Waals surface area (Å²) in [5, 5.41) is 2.80. The second-order valence-corrected chi connectivity index (χ2v) is 4.53. The van der Waals surface area contributed by atoms with E-state index in [2.05, 4.69) is 15.3 Å².